The van der Waals surface area contributed by atoms with Gasteiger partial charge in [-0.1, -0.05) is 6.92 Å². The summed E-state index contributed by atoms with van der Waals surface area (Å²) in [6, 6.07) is 1.39. The maximum atomic E-state index is 4.89. The number of likely N-dealkylation sites (tertiary alicyclic amines) is 1. The smallest absolute Gasteiger partial charge is 0.109 e. The summed E-state index contributed by atoms with van der Waals surface area (Å²) in [7, 11) is 0. The minimum atomic E-state index is 0.671. The topological polar surface area (TPSA) is 21.1 Å². The van der Waals surface area contributed by atoms with Crippen LogP contribution < -0.4 is 0 Å². The van der Waals surface area contributed by atoms with Crippen LogP contribution in [-0.2, 0) is 19.4 Å². The number of rotatable bonds is 3. The van der Waals surface area contributed by atoms with Crippen LogP contribution in [0.25, 0.3) is 0 Å². The van der Waals surface area contributed by atoms with E-state index in [4.69, 9.17) is 4.98 Å². The first kappa shape index (κ1) is 13.2. The monoisotopic (exact) mass is 261 g/mol. The van der Waals surface area contributed by atoms with Crippen LogP contribution in [0, 0.1) is 5.92 Å². The predicted octanol–water partition coefficient (Wildman–Crippen LogP) is 2.88. The number of aryl methyl sites for hydroxylation is 1. The molecule has 0 spiro atoms. The summed E-state index contributed by atoms with van der Waals surface area (Å²) < 4.78 is 2.39. The Balaban J connectivity index is 1.70. The standard InChI is InChI=1S/C16H27N3/c1-12(2)19-7-4-5-15(19)10-14-11-18-8-6-13(3)9-16(18)17-14/h11-13,15H,4-10H2,1-3H3. The van der Waals surface area contributed by atoms with Crippen LogP contribution in [0.15, 0.2) is 6.20 Å². The molecule has 1 saturated heterocycles. The number of fused-ring (bicyclic) bond motifs is 1. The van der Waals surface area contributed by atoms with Crippen molar-refractivity contribution in [2.24, 2.45) is 5.92 Å². The Labute approximate surface area is 117 Å². The molecule has 2 atom stereocenters. The third-order valence-electron chi connectivity index (χ3n) is 4.83. The molecule has 2 aliphatic heterocycles. The summed E-state index contributed by atoms with van der Waals surface area (Å²) >= 11 is 0. The zero-order chi connectivity index (χ0) is 13.4. The Kier molecular flexibility index (Phi) is 3.66. The number of imidazole rings is 1. The highest BCUT2D eigenvalue weighted by atomic mass is 15.2. The molecule has 0 saturated carbocycles. The largest absolute Gasteiger partial charge is 0.335 e. The molecule has 2 unspecified atom stereocenters. The van der Waals surface area contributed by atoms with Gasteiger partial charge in [0.15, 0.2) is 0 Å². The lowest BCUT2D eigenvalue weighted by Crippen LogP contribution is -2.36. The molecule has 0 N–H and O–H groups in total. The summed E-state index contributed by atoms with van der Waals surface area (Å²) in [6.45, 7) is 9.42. The van der Waals surface area contributed by atoms with Crippen molar-refractivity contribution in [1.82, 2.24) is 14.5 Å². The van der Waals surface area contributed by atoms with Gasteiger partial charge >= 0.3 is 0 Å². The average molecular weight is 261 g/mol. The highest BCUT2D eigenvalue weighted by Gasteiger charge is 2.28. The van der Waals surface area contributed by atoms with E-state index >= 15 is 0 Å². The second kappa shape index (κ2) is 5.28. The van der Waals surface area contributed by atoms with Gasteiger partial charge in [-0.15, -0.1) is 0 Å². The van der Waals surface area contributed by atoms with E-state index in [1.54, 1.807) is 0 Å². The van der Waals surface area contributed by atoms with Gasteiger partial charge in [0, 0.05) is 37.7 Å². The fraction of sp³-hybridized carbons (Fsp3) is 0.812. The maximum absolute atomic E-state index is 4.89. The minimum Gasteiger partial charge on any atom is -0.335 e. The summed E-state index contributed by atoms with van der Waals surface area (Å²) in [5.41, 5.74) is 1.32. The van der Waals surface area contributed by atoms with Gasteiger partial charge in [-0.25, -0.2) is 4.98 Å². The summed E-state index contributed by atoms with van der Waals surface area (Å²) in [6.07, 6.45) is 8.64. The molecule has 1 fully saturated rings. The number of hydrogen-bond donors (Lipinski definition) is 0. The quantitative estimate of drug-likeness (QED) is 0.834. The van der Waals surface area contributed by atoms with Crippen LogP contribution in [-0.4, -0.2) is 33.1 Å². The molecule has 3 heterocycles. The molecular weight excluding hydrogens is 234 g/mol. The van der Waals surface area contributed by atoms with Crippen molar-refractivity contribution in [1.29, 1.82) is 0 Å². The molecule has 19 heavy (non-hydrogen) atoms. The van der Waals surface area contributed by atoms with Crippen molar-refractivity contribution in [3.63, 3.8) is 0 Å². The molecule has 3 nitrogen and oxygen atoms in total. The van der Waals surface area contributed by atoms with Crippen molar-refractivity contribution in [3.05, 3.63) is 17.7 Å². The number of nitrogens with zero attached hydrogens (tertiary/aromatic N) is 3. The number of hydrogen-bond acceptors (Lipinski definition) is 2. The number of aromatic nitrogens is 2. The van der Waals surface area contributed by atoms with Crippen molar-refractivity contribution >= 4 is 0 Å². The normalized spacial score (nSPS) is 28.0. The van der Waals surface area contributed by atoms with E-state index in [1.807, 2.05) is 0 Å². The SMILES string of the molecule is CC1CCn2cc(CC3CCCN3C(C)C)nc2C1. The molecule has 0 bridgehead atoms. The van der Waals surface area contributed by atoms with Crippen LogP contribution in [0.3, 0.4) is 0 Å². The van der Waals surface area contributed by atoms with Gasteiger partial charge in [-0.2, -0.15) is 0 Å². The molecule has 0 aliphatic carbocycles. The lowest BCUT2D eigenvalue weighted by atomic mass is 10.0. The van der Waals surface area contributed by atoms with Crippen LogP contribution in [0.5, 0.6) is 0 Å². The van der Waals surface area contributed by atoms with E-state index < -0.39 is 0 Å². The van der Waals surface area contributed by atoms with Gasteiger partial charge in [0.2, 0.25) is 0 Å². The van der Waals surface area contributed by atoms with E-state index in [2.05, 4.69) is 36.4 Å². The third kappa shape index (κ3) is 2.71. The fourth-order valence-electron chi connectivity index (χ4n) is 3.74. The van der Waals surface area contributed by atoms with E-state index in [0.717, 1.165) is 18.4 Å². The fourth-order valence-corrected chi connectivity index (χ4v) is 3.74. The second-order valence-corrected chi connectivity index (χ2v) is 6.77. The lowest BCUT2D eigenvalue weighted by molar-refractivity contribution is 0.202. The van der Waals surface area contributed by atoms with E-state index in [0.29, 0.717) is 6.04 Å². The van der Waals surface area contributed by atoms with Crippen LogP contribution in [0.2, 0.25) is 0 Å². The molecule has 3 rings (SSSR count). The first-order valence-corrected chi connectivity index (χ1v) is 7.94. The van der Waals surface area contributed by atoms with Crippen LogP contribution >= 0.6 is 0 Å². The molecule has 1 aromatic heterocycles. The van der Waals surface area contributed by atoms with Crippen molar-refractivity contribution < 1.29 is 0 Å². The predicted molar refractivity (Wildman–Crippen MR) is 78.3 cm³/mol. The van der Waals surface area contributed by atoms with E-state index in [-0.39, 0.29) is 0 Å². The first-order chi connectivity index (χ1) is 9.13. The molecule has 0 amide bonds. The zero-order valence-electron chi connectivity index (χ0n) is 12.6. The molecule has 0 radical (unpaired) electrons. The maximum Gasteiger partial charge on any atom is 0.109 e. The summed E-state index contributed by atoms with van der Waals surface area (Å²) in [5.74, 6) is 2.13. The highest BCUT2D eigenvalue weighted by Crippen LogP contribution is 2.25. The second-order valence-electron chi connectivity index (χ2n) is 6.77. The van der Waals surface area contributed by atoms with Crippen molar-refractivity contribution in [2.45, 2.75) is 71.5 Å². The highest BCUT2D eigenvalue weighted by molar-refractivity contribution is 5.09. The van der Waals surface area contributed by atoms with Gasteiger partial charge < -0.3 is 4.57 Å². The molecule has 0 aromatic carbocycles. The summed E-state index contributed by atoms with van der Waals surface area (Å²) in [5, 5.41) is 0. The Bertz CT molecular complexity index is 435. The van der Waals surface area contributed by atoms with Gasteiger partial charge in [0.05, 0.1) is 5.69 Å². The average Bonchev–Trinajstić information content (AvgIpc) is 2.95. The van der Waals surface area contributed by atoms with Gasteiger partial charge in [0.1, 0.15) is 5.82 Å². The lowest BCUT2D eigenvalue weighted by Gasteiger charge is -2.27. The molecule has 106 valence electrons. The summed E-state index contributed by atoms with van der Waals surface area (Å²) in [4.78, 5) is 7.55. The molecule has 3 heteroatoms. The molecule has 2 aliphatic rings. The van der Waals surface area contributed by atoms with Gasteiger partial charge in [-0.05, 0) is 45.6 Å². The minimum absolute atomic E-state index is 0.671. The van der Waals surface area contributed by atoms with Gasteiger partial charge in [0.25, 0.3) is 0 Å². The van der Waals surface area contributed by atoms with Crippen LogP contribution in [0.4, 0.5) is 0 Å². The third-order valence-corrected chi connectivity index (χ3v) is 4.83. The van der Waals surface area contributed by atoms with E-state index in [1.165, 1.54) is 50.3 Å². The molecule has 1 aromatic rings. The van der Waals surface area contributed by atoms with Gasteiger partial charge in [-0.3, -0.25) is 4.90 Å². The van der Waals surface area contributed by atoms with Crippen molar-refractivity contribution in [3.8, 4) is 0 Å². The Hall–Kier alpha value is -0.830. The van der Waals surface area contributed by atoms with Crippen LogP contribution in [0.1, 0.15) is 51.6 Å². The molecular formula is C16H27N3. The first-order valence-electron chi connectivity index (χ1n) is 7.94. The zero-order valence-corrected chi connectivity index (χ0v) is 12.6. The Morgan fingerprint density at radius 1 is 1.32 bits per heavy atom. The van der Waals surface area contributed by atoms with E-state index in [9.17, 15) is 0 Å². The van der Waals surface area contributed by atoms with Crippen molar-refractivity contribution in [2.75, 3.05) is 6.54 Å². The Morgan fingerprint density at radius 3 is 2.95 bits per heavy atom. The Morgan fingerprint density at radius 2 is 2.16 bits per heavy atom.